The summed E-state index contributed by atoms with van der Waals surface area (Å²) in [6.07, 6.45) is -0.0949. The maximum absolute atomic E-state index is 13.6. The van der Waals surface area contributed by atoms with Crippen molar-refractivity contribution in [3.63, 3.8) is 0 Å². The standard InChI is InChI=1S/C27H23N3O3/c1-18-7-9-21(10-8-18)17-29(26(32)23-6-4-3-5-19(23)2)24-15-25(31)30(27(24)33)22-13-11-20(16-28)12-14-22/h3-14,24H,15,17H2,1-2H3. The fourth-order valence-corrected chi connectivity index (χ4v) is 4.00. The second-order valence-electron chi connectivity index (χ2n) is 8.18. The van der Waals surface area contributed by atoms with Gasteiger partial charge in [0.2, 0.25) is 5.91 Å². The highest BCUT2D eigenvalue weighted by Gasteiger charge is 2.44. The van der Waals surface area contributed by atoms with Crippen LogP contribution in [0.5, 0.6) is 0 Å². The molecule has 33 heavy (non-hydrogen) atoms. The number of nitrogens with zero attached hydrogens (tertiary/aromatic N) is 3. The smallest absolute Gasteiger partial charge is 0.257 e. The van der Waals surface area contributed by atoms with Gasteiger partial charge in [-0.1, -0.05) is 48.0 Å². The van der Waals surface area contributed by atoms with E-state index in [0.29, 0.717) is 16.8 Å². The topological polar surface area (TPSA) is 81.5 Å². The summed E-state index contributed by atoms with van der Waals surface area (Å²) in [7, 11) is 0. The number of nitriles is 1. The molecule has 1 atom stereocenters. The van der Waals surface area contributed by atoms with Gasteiger partial charge in [-0.05, 0) is 55.3 Å². The Labute approximate surface area is 192 Å². The number of anilines is 1. The summed E-state index contributed by atoms with van der Waals surface area (Å²) in [5.74, 6) is -1.11. The minimum absolute atomic E-state index is 0.0949. The fourth-order valence-electron chi connectivity index (χ4n) is 4.00. The van der Waals surface area contributed by atoms with Gasteiger partial charge >= 0.3 is 0 Å². The Kier molecular flexibility index (Phi) is 6.05. The SMILES string of the molecule is Cc1ccc(CN(C(=O)c2ccccc2C)C2CC(=O)N(c3ccc(C#N)cc3)C2=O)cc1. The molecular weight excluding hydrogens is 414 g/mol. The Morgan fingerprint density at radius 2 is 1.67 bits per heavy atom. The molecule has 1 heterocycles. The molecule has 3 amide bonds. The summed E-state index contributed by atoms with van der Waals surface area (Å²) < 4.78 is 0. The monoisotopic (exact) mass is 437 g/mol. The van der Waals surface area contributed by atoms with Gasteiger partial charge in [-0.3, -0.25) is 14.4 Å². The Morgan fingerprint density at radius 3 is 2.30 bits per heavy atom. The van der Waals surface area contributed by atoms with E-state index < -0.39 is 11.9 Å². The van der Waals surface area contributed by atoms with E-state index in [0.717, 1.165) is 21.6 Å². The summed E-state index contributed by atoms with van der Waals surface area (Å²) in [5, 5.41) is 9.02. The minimum atomic E-state index is -0.915. The predicted molar refractivity (Wildman–Crippen MR) is 124 cm³/mol. The summed E-state index contributed by atoms with van der Waals surface area (Å²) in [4.78, 5) is 42.5. The molecule has 0 saturated carbocycles. The lowest BCUT2D eigenvalue weighted by Gasteiger charge is -2.28. The van der Waals surface area contributed by atoms with E-state index in [1.807, 2.05) is 56.3 Å². The van der Waals surface area contributed by atoms with Crippen LogP contribution in [0.1, 0.15) is 39.0 Å². The third-order valence-corrected chi connectivity index (χ3v) is 5.86. The van der Waals surface area contributed by atoms with Gasteiger partial charge in [-0.25, -0.2) is 4.90 Å². The van der Waals surface area contributed by atoms with Crippen molar-refractivity contribution in [1.29, 1.82) is 5.26 Å². The van der Waals surface area contributed by atoms with E-state index >= 15 is 0 Å². The van der Waals surface area contributed by atoms with E-state index in [-0.39, 0.29) is 24.8 Å². The van der Waals surface area contributed by atoms with Gasteiger partial charge in [0.1, 0.15) is 6.04 Å². The van der Waals surface area contributed by atoms with Crippen LogP contribution in [0.3, 0.4) is 0 Å². The van der Waals surface area contributed by atoms with Crippen molar-refractivity contribution in [1.82, 2.24) is 4.90 Å². The Balaban J connectivity index is 1.70. The second kappa shape index (κ2) is 9.09. The summed E-state index contributed by atoms with van der Waals surface area (Å²) in [6.45, 7) is 4.04. The molecule has 0 aromatic heterocycles. The lowest BCUT2D eigenvalue weighted by molar-refractivity contribution is -0.122. The van der Waals surface area contributed by atoms with Crippen LogP contribution in [-0.2, 0) is 16.1 Å². The van der Waals surface area contributed by atoms with E-state index in [1.54, 1.807) is 36.4 Å². The Bertz CT molecular complexity index is 1260. The molecular formula is C27H23N3O3. The van der Waals surface area contributed by atoms with Crippen LogP contribution >= 0.6 is 0 Å². The molecule has 164 valence electrons. The molecule has 1 unspecified atom stereocenters. The van der Waals surface area contributed by atoms with Crippen LogP contribution in [0.15, 0.2) is 72.8 Å². The Hall–Kier alpha value is -4.24. The van der Waals surface area contributed by atoms with E-state index in [9.17, 15) is 14.4 Å². The number of rotatable bonds is 5. The highest BCUT2D eigenvalue weighted by atomic mass is 16.2. The average molecular weight is 437 g/mol. The maximum atomic E-state index is 13.6. The molecule has 6 heteroatoms. The van der Waals surface area contributed by atoms with Gasteiger partial charge < -0.3 is 4.90 Å². The molecule has 3 aromatic carbocycles. The highest BCUT2D eigenvalue weighted by Crippen LogP contribution is 2.28. The van der Waals surface area contributed by atoms with E-state index in [2.05, 4.69) is 0 Å². The van der Waals surface area contributed by atoms with Crippen molar-refractivity contribution in [3.05, 3.63) is 101 Å². The van der Waals surface area contributed by atoms with E-state index in [4.69, 9.17) is 5.26 Å². The summed E-state index contributed by atoms with van der Waals surface area (Å²) in [6, 6.07) is 22.4. The number of carbonyl (C=O) groups is 3. The lowest BCUT2D eigenvalue weighted by atomic mass is 10.0. The Morgan fingerprint density at radius 1 is 1.00 bits per heavy atom. The number of aryl methyl sites for hydroxylation is 2. The largest absolute Gasteiger partial charge is 0.322 e. The van der Waals surface area contributed by atoms with Crippen molar-refractivity contribution in [2.45, 2.75) is 32.9 Å². The van der Waals surface area contributed by atoms with Crippen molar-refractivity contribution in [2.75, 3.05) is 4.90 Å². The average Bonchev–Trinajstić information content (AvgIpc) is 3.12. The third-order valence-electron chi connectivity index (χ3n) is 5.86. The molecule has 3 aromatic rings. The molecule has 1 aliphatic heterocycles. The first-order valence-electron chi connectivity index (χ1n) is 10.7. The number of imide groups is 1. The first-order valence-corrected chi connectivity index (χ1v) is 10.7. The van der Waals surface area contributed by atoms with Crippen LogP contribution < -0.4 is 4.90 Å². The molecule has 1 fully saturated rings. The lowest BCUT2D eigenvalue weighted by Crippen LogP contribution is -2.45. The second-order valence-corrected chi connectivity index (χ2v) is 8.18. The van der Waals surface area contributed by atoms with E-state index in [1.165, 1.54) is 4.90 Å². The quantitative estimate of drug-likeness (QED) is 0.562. The molecule has 1 aliphatic rings. The number of hydrogen-bond donors (Lipinski definition) is 0. The molecule has 1 saturated heterocycles. The van der Waals surface area contributed by atoms with Crippen LogP contribution in [0.2, 0.25) is 0 Å². The molecule has 0 spiro atoms. The van der Waals surface area contributed by atoms with Gasteiger partial charge in [0, 0.05) is 12.1 Å². The fraction of sp³-hybridized carbons (Fsp3) is 0.185. The van der Waals surface area contributed by atoms with Gasteiger partial charge in [-0.15, -0.1) is 0 Å². The van der Waals surface area contributed by atoms with Crippen LogP contribution in [0.25, 0.3) is 0 Å². The zero-order valence-electron chi connectivity index (χ0n) is 18.5. The molecule has 0 N–H and O–H groups in total. The van der Waals surface area contributed by atoms with Gasteiger partial charge in [0.15, 0.2) is 0 Å². The molecule has 6 nitrogen and oxygen atoms in total. The van der Waals surface area contributed by atoms with Gasteiger partial charge in [-0.2, -0.15) is 5.26 Å². The van der Waals surface area contributed by atoms with Crippen LogP contribution in [0, 0.1) is 25.2 Å². The number of amides is 3. The summed E-state index contributed by atoms with van der Waals surface area (Å²) in [5.41, 5.74) is 4.10. The number of carbonyl (C=O) groups excluding carboxylic acids is 3. The third kappa shape index (κ3) is 4.39. The van der Waals surface area contributed by atoms with Gasteiger partial charge in [0.25, 0.3) is 11.8 Å². The van der Waals surface area contributed by atoms with Crippen molar-refractivity contribution < 1.29 is 14.4 Å². The number of hydrogen-bond acceptors (Lipinski definition) is 4. The normalized spacial score (nSPS) is 15.4. The van der Waals surface area contributed by atoms with Gasteiger partial charge in [0.05, 0.1) is 23.7 Å². The van der Waals surface area contributed by atoms with Crippen LogP contribution in [0.4, 0.5) is 5.69 Å². The predicted octanol–water partition coefficient (Wildman–Crippen LogP) is 4.15. The molecule has 0 bridgehead atoms. The zero-order chi connectivity index (χ0) is 23.5. The first kappa shape index (κ1) is 22.0. The van der Waals surface area contributed by atoms with Crippen molar-refractivity contribution >= 4 is 23.4 Å². The maximum Gasteiger partial charge on any atom is 0.257 e. The molecule has 4 rings (SSSR count). The van der Waals surface area contributed by atoms with Crippen molar-refractivity contribution in [2.24, 2.45) is 0 Å². The molecule has 0 aliphatic carbocycles. The molecule has 0 radical (unpaired) electrons. The minimum Gasteiger partial charge on any atom is -0.322 e. The zero-order valence-corrected chi connectivity index (χ0v) is 18.5. The number of benzene rings is 3. The first-order chi connectivity index (χ1) is 15.9. The van der Waals surface area contributed by atoms with Crippen molar-refractivity contribution in [3.8, 4) is 6.07 Å². The highest BCUT2D eigenvalue weighted by molar-refractivity contribution is 6.23. The van der Waals surface area contributed by atoms with Crippen LogP contribution in [-0.4, -0.2) is 28.7 Å². The summed E-state index contributed by atoms with van der Waals surface area (Å²) >= 11 is 0.